The largest absolute Gasteiger partial charge is 0.394 e. The molecule has 0 aliphatic carbocycles. The predicted octanol–water partition coefficient (Wildman–Crippen LogP) is 0.0839. The Morgan fingerprint density at radius 3 is 2.53 bits per heavy atom. The third kappa shape index (κ3) is 3.21. The van der Waals surface area contributed by atoms with Gasteiger partial charge in [-0.2, -0.15) is 4.39 Å². The van der Waals surface area contributed by atoms with Crippen molar-refractivity contribution < 1.29 is 19.4 Å². The summed E-state index contributed by atoms with van der Waals surface area (Å²) in [7, 11) is 0. The molecule has 0 fully saturated rings. The average Bonchev–Trinajstić information content (AvgIpc) is 2.37. The highest BCUT2D eigenvalue weighted by Crippen LogP contribution is 2.10. The van der Waals surface area contributed by atoms with Gasteiger partial charge < -0.3 is 15.5 Å². The zero-order chi connectivity index (χ0) is 12.9. The lowest BCUT2D eigenvalue weighted by molar-refractivity contribution is 0.0652. The van der Waals surface area contributed by atoms with Gasteiger partial charge in [0.2, 0.25) is 5.95 Å². The molecule has 94 valence electrons. The van der Waals surface area contributed by atoms with Gasteiger partial charge in [-0.3, -0.25) is 4.79 Å². The topological polar surface area (TPSA) is 82.5 Å². The number of carbonyl (C=O) groups excluding carboxylic acids is 1. The van der Waals surface area contributed by atoms with E-state index >= 15 is 0 Å². The molecule has 0 atom stereocenters. The van der Waals surface area contributed by atoms with Crippen LogP contribution in [0.4, 0.5) is 4.39 Å². The molecule has 0 saturated heterocycles. The minimum Gasteiger partial charge on any atom is -0.394 e. The maximum Gasteiger partial charge on any atom is 0.253 e. The summed E-state index contributed by atoms with van der Waals surface area (Å²) in [5, 5.41) is 20.8. The minimum atomic E-state index is -1.06. The molecule has 0 bridgehead atoms. The molecule has 0 aliphatic rings. The van der Waals surface area contributed by atoms with Crippen molar-refractivity contribution in [2.24, 2.45) is 0 Å². The van der Waals surface area contributed by atoms with Gasteiger partial charge in [-0.15, -0.1) is 0 Å². The van der Waals surface area contributed by atoms with Gasteiger partial charge in [0.1, 0.15) is 0 Å². The van der Waals surface area contributed by atoms with Crippen LogP contribution in [-0.4, -0.2) is 39.9 Å². The Kier molecular flexibility index (Phi) is 4.53. The molecule has 0 radical (unpaired) electrons. The summed E-state index contributed by atoms with van der Waals surface area (Å²) in [6.45, 7) is 0.982. The lowest BCUT2D eigenvalue weighted by atomic mass is 9.98. The Bertz CT molecular complexity index is 369. The van der Waals surface area contributed by atoms with Crippen LogP contribution in [0, 0.1) is 5.95 Å². The minimum absolute atomic E-state index is 0.172. The maximum absolute atomic E-state index is 12.6. The van der Waals surface area contributed by atoms with E-state index in [4.69, 9.17) is 10.2 Å². The lowest BCUT2D eigenvalue weighted by Gasteiger charge is -2.29. The van der Waals surface area contributed by atoms with Gasteiger partial charge >= 0.3 is 0 Å². The number of aromatic nitrogens is 1. The van der Waals surface area contributed by atoms with E-state index in [0.717, 1.165) is 12.3 Å². The van der Waals surface area contributed by atoms with Gasteiger partial charge in [-0.1, -0.05) is 6.92 Å². The first-order valence-electron chi connectivity index (χ1n) is 5.22. The van der Waals surface area contributed by atoms with Crippen LogP contribution in [0.1, 0.15) is 23.7 Å². The van der Waals surface area contributed by atoms with Gasteiger partial charge in [-0.25, -0.2) is 4.98 Å². The second-order valence-corrected chi connectivity index (χ2v) is 3.77. The Morgan fingerprint density at radius 1 is 1.47 bits per heavy atom. The molecule has 0 unspecified atom stereocenters. The van der Waals surface area contributed by atoms with Crippen molar-refractivity contribution in [3.63, 3.8) is 0 Å². The van der Waals surface area contributed by atoms with Crippen molar-refractivity contribution in [1.29, 1.82) is 0 Å². The van der Waals surface area contributed by atoms with Crippen LogP contribution in [0.5, 0.6) is 0 Å². The van der Waals surface area contributed by atoms with E-state index in [2.05, 4.69) is 10.3 Å². The normalized spacial score (nSPS) is 11.3. The predicted molar refractivity (Wildman–Crippen MR) is 58.9 cm³/mol. The van der Waals surface area contributed by atoms with Crippen molar-refractivity contribution >= 4 is 5.91 Å². The maximum atomic E-state index is 12.6. The first-order chi connectivity index (χ1) is 8.06. The average molecular weight is 242 g/mol. The lowest BCUT2D eigenvalue weighted by Crippen LogP contribution is -2.53. The summed E-state index contributed by atoms with van der Waals surface area (Å²) in [6, 6.07) is 2.35. The number of hydrogen-bond acceptors (Lipinski definition) is 4. The van der Waals surface area contributed by atoms with Gasteiger partial charge in [0.25, 0.3) is 5.91 Å². The van der Waals surface area contributed by atoms with Gasteiger partial charge in [0.15, 0.2) is 0 Å². The van der Waals surface area contributed by atoms with E-state index in [1.54, 1.807) is 6.92 Å². The number of nitrogens with one attached hydrogen (secondary N) is 1. The van der Waals surface area contributed by atoms with Gasteiger partial charge in [-0.05, 0) is 18.6 Å². The molecular formula is C11H15FN2O3. The molecule has 0 aromatic carbocycles. The Balaban J connectivity index is 2.81. The number of rotatable bonds is 5. The molecular weight excluding hydrogens is 227 g/mol. The standard InChI is InChI=1S/C11H15FN2O3/c1-2-11(6-15,7-16)14-10(17)8-3-4-9(12)13-5-8/h3-5,15-16H,2,6-7H2,1H3,(H,14,17). The summed E-state index contributed by atoms with van der Waals surface area (Å²) in [5.41, 5.74) is -0.892. The Morgan fingerprint density at radius 2 is 2.12 bits per heavy atom. The monoisotopic (exact) mass is 242 g/mol. The third-order valence-electron chi connectivity index (χ3n) is 2.65. The van der Waals surface area contributed by atoms with Crippen LogP contribution < -0.4 is 5.32 Å². The highest BCUT2D eigenvalue weighted by molar-refractivity contribution is 5.94. The zero-order valence-electron chi connectivity index (χ0n) is 9.48. The SMILES string of the molecule is CCC(CO)(CO)NC(=O)c1ccc(F)nc1. The Labute approximate surface area is 98.3 Å². The fourth-order valence-corrected chi connectivity index (χ4v) is 1.26. The van der Waals surface area contributed by atoms with Crippen molar-refractivity contribution in [3.8, 4) is 0 Å². The van der Waals surface area contributed by atoms with E-state index in [1.165, 1.54) is 6.07 Å². The molecule has 1 rings (SSSR count). The smallest absolute Gasteiger partial charge is 0.253 e. The van der Waals surface area contributed by atoms with Crippen LogP contribution in [0.15, 0.2) is 18.3 Å². The summed E-state index contributed by atoms with van der Waals surface area (Å²) < 4.78 is 12.6. The highest BCUT2D eigenvalue weighted by atomic mass is 19.1. The number of aliphatic hydroxyl groups excluding tert-OH is 2. The fraction of sp³-hybridized carbons (Fsp3) is 0.455. The van der Waals surface area contributed by atoms with Gasteiger partial charge in [0.05, 0.1) is 24.3 Å². The highest BCUT2D eigenvalue weighted by Gasteiger charge is 2.28. The van der Waals surface area contributed by atoms with E-state index in [-0.39, 0.29) is 18.8 Å². The van der Waals surface area contributed by atoms with Crippen molar-refractivity contribution in [2.45, 2.75) is 18.9 Å². The number of halogens is 1. The number of hydrogen-bond donors (Lipinski definition) is 3. The van der Waals surface area contributed by atoms with E-state index < -0.39 is 17.4 Å². The van der Waals surface area contributed by atoms with Crippen LogP contribution in [0.2, 0.25) is 0 Å². The zero-order valence-corrected chi connectivity index (χ0v) is 9.48. The molecule has 0 spiro atoms. The van der Waals surface area contributed by atoms with E-state index in [9.17, 15) is 9.18 Å². The summed E-state index contributed by atoms with van der Waals surface area (Å²) in [4.78, 5) is 15.1. The molecule has 0 aliphatic heterocycles. The number of aliphatic hydroxyl groups is 2. The number of amides is 1. The summed E-state index contributed by atoms with van der Waals surface area (Å²) in [6.07, 6.45) is 1.47. The van der Waals surface area contributed by atoms with E-state index in [1.807, 2.05) is 0 Å². The summed E-state index contributed by atoms with van der Waals surface area (Å²) in [5.74, 6) is -1.19. The Hall–Kier alpha value is -1.53. The fourth-order valence-electron chi connectivity index (χ4n) is 1.26. The second-order valence-electron chi connectivity index (χ2n) is 3.77. The first kappa shape index (κ1) is 13.5. The molecule has 17 heavy (non-hydrogen) atoms. The molecule has 1 aromatic rings. The first-order valence-corrected chi connectivity index (χ1v) is 5.22. The molecule has 5 nitrogen and oxygen atoms in total. The quantitative estimate of drug-likeness (QED) is 0.639. The third-order valence-corrected chi connectivity index (χ3v) is 2.65. The van der Waals surface area contributed by atoms with Crippen molar-refractivity contribution in [3.05, 3.63) is 29.8 Å². The number of carbonyl (C=O) groups is 1. The molecule has 1 heterocycles. The molecule has 0 saturated carbocycles. The number of nitrogens with zero attached hydrogens (tertiary/aromatic N) is 1. The van der Waals surface area contributed by atoms with E-state index in [0.29, 0.717) is 6.42 Å². The van der Waals surface area contributed by atoms with Crippen LogP contribution in [0.3, 0.4) is 0 Å². The molecule has 1 aromatic heterocycles. The van der Waals surface area contributed by atoms with Gasteiger partial charge in [0, 0.05) is 6.20 Å². The van der Waals surface area contributed by atoms with Crippen LogP contribution in [-0.2, 0) is 0 Å². The van der Waals surface area contributed by atoms with Crippen molar-refractivity contribution in [1.82, 2.24) is 10.3 Å². The molecule has 1 amide bonds. The number of pyridine rings is 1. The molecule has 6 heteroatoms. The second kappa shape index (κ2) is 5.70. The van der Waals surface area contributed by atoms with Crippen LogP contribution >= 0.6 is 0 Å². The molecule has 3 N–H and O–H groups in total. The van der Waals surface area contributed by atoms with Crippen LogP contribution in [0.25, 0.3) is 0 Å². The summed E-state index contributed by atoms with van der Waals surface area (Å²) >= 11 is 0. The van der Waals surface area contributed by atoms with Crippen molar-refractivity contribution in [2.75, 3.05) is 13.2 Å².